The van der Waals surface area contributed by atoms with Gasteiger partial charge in [-0.05, 0) is 37.1 Å². The molecule has 18 heavy (non-hydrogen) atoms. The molecule has 1 aromatic carbocycles. The van der Waals surface area contributed by atoms with Gasteiger partial charge in [0.2, 0.25) is 0 Å². The maximum Gasteiger partial charge on any atom is 0.330 e. The summed E-state index contributed by atoms with van der Waals surface area (Å²) >= 11 is 0. The molecule has 1 unspecified atom stereocenters. The Hall–Kier alpha value is -1.68. The quantitative estimate of drug-likeness (QED) is 0.660. The van der Waals surface area contributed by atoms with Crippen molar-refractivity contribution in [2.75, 3.05) is 13.7 Å². The number of esters is 1. The van der Waals surface area contributed by atoms with Crippen LogP contribution in [0.25, 0.3) is 6.08 Å². The fourth-order valence-corrected chi connectivity index (χ4v) is 2.11. The largest absolute Gasteiger partial charge is 0.466 e. The fraction of sp³-hybridized carbons (Fsp3) is 0.357. The fourth-order valence-electron chi connectivity index (χ4n) is 2.11. The van der Waals surface area contributed by atoms with Crippen molar-refractivity contribution in [2.24, 2.45) is 0 Å². The van der Waals surface area contributed by atoms with Gasteiger partial charge in [0.15, 0.2) is 0 Å². The van der Waals surface area contributed by atoms with Gasteiger partial charge in [-0.15, -0.1) is 0 Å². The van der Waals surface area contributed by atoms with Crippen molar-refractivity contribution in [1.82, 2.24) is 5.32 Å². The Morgan fingerprint density at radius 3 is 3.00 bits per heavy atom. The van der Waals surface area contributed by atoms with Crippen LogP contribution in [-0.2, 0) is 9.53 Å². The lowest BCUT2D eigenvalue weighted by molar-refractivity contribution is -0.134. The first-order valence-electron chi connectivity index (χ1n) is 5.99. The van der Waals surface area contributed by atoms with Gasteiger partial charge >= 0.3 is 5.97 Å². The summed E-state index contributed by atoms with van der Waals surface area (Å²) in [6.45, 7) is 0.939. The average molecular weight is 249 g/mol. The molecule has 0 spiro atoms. The summed E-state index contributed by atoms with van der Waals surface area (Å²) in [5.41, 5.74) is 1.35. The Morgan fingerprint density at radius 1 is 1.56 bits per heavy atom. The van der Waals surface area contributed by atoms with Gasteiger partial charge in [-0.1, -0.05) is 12.1 Å². The van der Waals surface area contributed by atoms with Crippen LogP contribution in [0.1, 0.15) is 30.0 Å². The lowest BCUT2D eigenvalue weighted by Gasteiger charge is -2.11. The molecule has 1 heterocycles. The number of carbonyl (C=O) groups is 1. The van der Waals surface area contributed by atoms with Crippen molar-refractivity contribution in [3.05, 3.63) is 41.2 Å². The minimum Gasteiger partial charge on any atom is -0.466 e. The van der Waals surface area contributed by atoms with Crippen molar-refractivity contribution in [3.63, 3.8) is 0 Å². The molecule has 4 heteroatoms. The topological polar surface area (TPSA) is 38.3 Å². The molecule has 1 saturated heterocycles. The first-order valence-corrected chi connectivity index (χ1v) is 5.99. The molecule has 0 aromatic heterocycles. The molecule has 3 nitrogen and oxygen atoms in total. The van der Waals surface area contributed by atoms with Crippen molar-refractivity contribution in [1.29, 1.82) is 0 Å². The summed E-state index contributed by atoms with van der Waals surface area (Å²) in [6.07, 6.45) is 4.87. The second-order valence-electron chi connectivity index (χ2n) is 4.29. The van der Waals surface area contributed by atoms with Crippen molar-refractivity contribution < 1.29 is 13.9 Å². The zero-order valence-corrected chi connectivity index (χ0v) is 10.3. The number of benzene rings is 1. The number of halogens is 1. The second kappa shape index (κ2) is 5.78. The van der Waals surface area contributed by atoms with E-state index in [1.165, 1.54) is 19.3 Å². The highest BCUT2D eigenvalue weighted by Gasteiger charge is 2.19. The van der Waals surface area contributed by atoms with Gasteiger partial charge in [0, 0.05) is 17.7 Å². The van der Waals surface area contributed by atoms with Crippen molar-refractivity contribution >= 4 is 12.0 Å². The maximum atomic E-state index is 13.9. The standard InChI is InChI=1S/C14H16FNO2/c1-18-14(17)7-5-10-4-6-11(12(15)9-10)13-3-2-8-16-13/h4-7,9,13,16H,2-3,8H2,1H3/b7-5+. The first-order chi connectivity index (χ1) is 8.70. The van der Waals surface area contributed by atoms with Gasteiger partial charge in [0.05, 0.1) is 7.11 Å². The van der Waals surface area contributed by atoms with Crippen molar-refractivity contribution in [2.45, 2.75) is 18.9 Å². The van der Waals surface area contributed by atoms with Gasteiger partial charge in [-0.2, -0.15) is 0 Å². The smallest absolute Gasteiger partial charge is 0.330 e. The molecule has 2 rings (SSSR count). The van der Waals surface area contributed by atoms with E-state index < -0.39 is 5.97 Å². The zero-order valence-electron chi connectivity index (χ0n) is 10.3. The van der Waals surface area contributed by atoms with Crippen LogP contribution in [0.5, 0.6) is 0 Å². The lowest BCUT2D eigenvalue weighted by Crippen LogP contribution is -2.14. The van der Waals surface area contributed by atoms with E-state index in [1.54, 1.807) is 18.2 Å². The van der Waals surface area contributed by atoms with Crippen LogP contribution in [0, 0.1) is 5.82 Å². The van der Waals surface area contributed by atoms with E-state index in [4.69, 9.17) is 0 Å². The van der Waals surface area contributed by atoms with Crippen LogP contribution in [0.2, 0.25) is 0 Å². The predicted molar refractivity (Wildman–Crippen MR) is 67.4 cm³/mol. The van der Waals surface area contributed by atoms with Crippen LogP contribution in [0.4, 0.5) is 4.39 Å². The highest BCUT2D eigenvalue weighted by molar-refractivity contribution is 5.86. The van der Waals surface area contributed by atoms with Crippen LogP contribution >= 0.6 is 0 Å². The molecule has 1 fully saturated rings. The van der Waals surface area contributed by atoms with E-state index in [0.29, 0.717) is 11.1 Å². The van der Waals surface area contributed by atoms with Gasteiger partial charge in [-0.25, -0.2) is 9.18 Å². The van der Waals surface area contributed by atoms with Crippen molar-refractivity contribution in [3.8, 4) is 0 Å². The summed E-state index contributed by atoms with van der Waals surface area (Å²) in [4.78, 5) is 10.9. The predicted octanol–water partition coefficient (Wildman–Crippen LogP) is 2.44. The van der Waals surface area contributed by atoms with E-state index in [1.807, 2.05) is 0 Å². The summed E-state index contributed by atoms with van der Waals surface area (Å²) in [6, 6.07) is 5.13. The number of hydrogen-bond acceptors (Lipinski definition) is 3. The second-order valence-corrected chi connectivity index (χ2v) is 4.29. The van der Waals surface area contributed by atoms with Gasteiger partial charge in [-0.3, -0.25) is 0 Å². The van der Waals surface area contributed by atoms with Crippen LogP contribution < -0.4 is 5.32 Å². The molecule has 0 aliphatic carbocycles. The summed E-state index contributed by atoms with van der Waals surface area (Å²) in [7, 11) is 1.31. The Labute approximate surface area is 106 Å². The van der Waals surface area contributed by atoms with Crippen LogP contribution in [0.15, 0.2) is 24.3 Å². The third-order valence-corrected chi connectivity index (χ3v) is 3.07. The number of methoxy groups -OCH3 is 1. The molecule has 1 aromatic rings. The number of ether oxygens (including phenoxy) is 1. The molecule has 1 aliphatic rings. The zero-order chi connectivity index (χ0) is 13.0. The summed E-state index contributed by atoms with van der Waals surface area (Å²) in [5, 5.41) is 3.26. The lowest BCUT2D eigenvalue weighted by atomic mass is 10.0. The van der Waals surface area contributed by atoms with E-state index >= 15 is 0 Å². The monoisotopic (exact) mass is 249 g/mol. The van der Waals surface area contributed by atoms with E-state index in [9.17, 15) is 9.18 Å². The van der Waals surface area contributed by atoms with E-state index in [0.717, 1.165) is 19.4 Å². The Balaban J connectivity index is 2.14. The first kappa shape index (κ1) is 12.8. The number of nitrogens with one attached hydrogen (secondary N) is 1. The minimum absolute atomic E-state index is 0.114. The Kier molecular flexibility index (Phi) is 4.10. The molecule has 0 bridgehead atoms. The van der Waals surface area contributed by atoms with Gasteiger partial charge in [0.1, 0.15) is 5.82 Å². The SMILES string of the molecule is COC(=O)/C=C/c1ccc(C2CCCN2)c(F)c1. The van der Waals surface area contributed by atoms with E-state index in [-0.39, 0.29) is 11.9 Å². The molecule has 0 radical (unpaired) electrons. The van der Waals surface area contributed by atoms with Crippen LogP contribution in [0.3, 0.4) is 0 Å². The summed E-state index contributed by atoms with van der Waals surface area (Å²) in [5.74, 6) is -0.682. The molecule has 1 aliphatic heterocycles. The van der Waals surface area contributed by atoms with Gasteiger partial charge < -0.3 is 10.1 Å². The normalized spacial score (nSPS) is 19.3. The third kappa shape index (κ3) is 2.96. The van der Waals surface area contributed by atoms with Gasteiger partial charge in [0.25, 0.3) is 0 Å². The third-order valence-electron chi connectivity index (χ3n) is 3.07. The Bertz CT molecular complexity index is 465. The number of hydrogen-bond donors (Lipinski definition) is 1. The molecule has 0 saturated carbocycles. The average Bonchev–Trinajstić information content (AvgIpc) is 2.89. The molecule has 96 valence electrons. The maximum absolute atomic E-state index is 13.9. The number of carbonyl (C=O) groups excluding carboxylic acids is 1. The highest BCUT2D eigenvalue weighted by Crippen LogP contribution is 2.26. The molecular formula is C14H16FNO2. The minimum atomic E-state index is -0.447. The molecule has 1 N–H and O–H groups in total. The number of rotatable bonds is 3. The van der Waals surface area contributed by atoms with Crippen LogP contribution in [-0.4, -0.2) is 19.6 Å². The Morgan fingerprint density at radius 2 is 2.39 bits per heavy atom. The molecular weight excluding hydrogens is 233 g/mol. The molecule has 1 atom stereocenters. The van der Waals surface area contributed by atoms with E-state index in [2.05, 4.69) is 10.1 Å². The highest BCUT2D eigenvalue weighted by atomic mass is 19.1. The summed E-state index contributed by atoms with van der Waals surface area (Å²) < 4.78 is 18.4. The molecule has 0 amide bonds.